The fourth-order valence-corrected chi connectivity index (χ4v) is 2.84. The van der Waals surface area contributed by atoms with Gasteiger partial charge in [-0.25, -0.2) is 14.2 Å². The van der Waals surface area contributed by atoms with Crippen molar-refractivity contribution in [3.63, 3.8) is 0 Å². The monoisotopic (exact) mass is 319 g/mol. The Hall–Kier alpha value is -1.96. The number of carboxylic acid groups (broad SMARTS) is 1. The second-order valence-corrected chi connectivity index (χ2v) is 5.14. The number of hydrogen-bond donors (Lipinski definition) is 1. The van der Waals surface area contributed by atoms with Crippen LogP contribution in [0.1, 0.15) is 27.9 Å². The van der Waals surface area contributed by atoms with Crippen LogP contribution in [0.15, 0.2) is 18.2 Å². The summed E-state index contributed by atoms with van der Waals surface area (Å²) in [5, 5.41) is 8.93. The van der Waals surface area contributed by atoms with Crippen molar-refractivity contribution in [2.45, 2.75) is 19.5 Å². The molecule has 112 valence electrons. The number of aromatic nitrogens is 1. The van der Waals surface area contributed by atoms with E-state index >= 15 is 0 Å². The van der Waals surface area contributed by atoms with Crippen LogP contribution in [0.4, 0.5) is 17.6 Å². The number of benzene rings is 1. The van der Waals surface area contributed by atoms with Crippen LogP contribution in [-0.2, 0) is 12.6 Å². The van der Waals surface area contributed by atoms with Gasteiger partial charge in [-0.2, -0.15) is 13.2 Å². The highest BCUT2D eigenvalue weighted by Crippen LogP contribution is 2.39. The molecule has 0 saturated heterocycles. The minimum Gasteiger partial charge on any atom is -0.477 e. The van der Waals surface area contributed by atoms with Crippen molar-refractivity contribution in [3.8, 4) is 10.6 Å². The number of alkyl halides is 3. The highest BCUT2D eigenvalue weighted by atomic mass is 32.1. The fraction of sp³-hybridized carbons (Fsp3) is 0.231. The van der Waals surface area contributed by atoms with Crippen LogP contribution in [0, 0.1) is 5.82 Å². The van der Waals surface area contributed by atoms with Crippen molar-refractivity contribution >= 4 is 17.3 Å². The maximum absolute atomic E-state index is 13.1. The molecule has 0 saturated carbocycles. The highest BCUT2D eigenvalue weighted by molar-refractivity contribution is 7.17. The first-order chi connectivity index (χ1) is 9.74. The van der Waals surface area contributed by atoms with Crippen LogP contribution in [0.2, 0.25) is 0 Å². The van der Waals surface area contributed by atoms with Gasteiger partial charge in [-0.3, -0.25) is 0 Å². The van der Waals surface area contributed by atoms with Gasteiger partial charge in [0.25, 0.3) is 0 Å². The summed E-state index contributed by atoms with van der Waals surface area (Å²) in [6.07, 6.45) is -4.47. The standard InChI is InChI=1S/C13H9F4NO2S/c1-2-9-10(12(19)20)21-11(18-9)7-4-3-6(14)5-8(7)13(15,16)17/h3-5H,2H2,1H3,(H,19,20). The van der Waals surface area contributed by atoms with E-state index in [2.05, 4.69) is 4.98 Å². The average molecular weight is 319 g/mol. The summed E-state index contributed by atoms with van der Waals surface area (Å²) in [6.45, 7) is 1.65. The predicted molar refractivity (Wildman–Crippen MR) is 68.8 cm³/mol. The molecule has 2 aromatic rings. The SMILES string of the molecule is CCc1nc(-c2ccc(F)cc2C(F)(F)F)sc1C(=O)O. The molecule has 0 amide bonds. The first-order valence-electron chi connectivity index (χ1n) is 5.84. The van der Waals surface area contributed by atoms with Crippen molar-refractivity contribution in [2.24, 2.45) is 0 Å². The van der Waals surface area contributed by atoms with Crippen LogP contribution >= 0.6 is 11.3 Å². The van der Waals surface area contributed by atoms with E-state index in [0.29, 0.717) is 17.4 Å². The molecule has 0 aliphatic rings. The maximum Gasteiger partial charge on any atom is 0.417 e. The zero-order chi connectivity index (χ0) is 15.8. The van der Waals surface area contributed by atoms with Crippen LogP contribution in [0.3, 0.4) is 0 Å². The van der Waals surface area contributed by atoms with Crippen molar-refractivity contribution in [2.75, 3.05) is 0 Å². The highest BCUT2D eigenvalue weighted by Gasteiger charge is 2.35. The lowest BCUT2D eigenvalue weighted by Gasteiger charge is -2.10. The number of aromatic carboxylic acids is 1. The quantitative estimate of drug-likeness (QED) is 0.861. The molecule has 0 spiro atoms. The van der Waals surface area contributed by atoms with Crippen LogP contribution in [-0.4, -0.2) is 16.1 Å². The van der Waals surface area contributed by atoms with Crippen LogP contribution in [0.5, 0.6) is 0 Å². The Morgan fingerprint density at radius 3 is 2.52 bits per heavy atom. The van der Waals surface area contributed by atoms with E-state index in [9.17, 15) is 22.4 Å². The molecule has 1 N–H and O–H groups in total. The minimum atomic E-state index is -4.75. The van der Waals surface area contributed by atoms with Crippen LogP contribution < -0.4 is 0 Å². The Morgan fingerprint density at radius 2 is 2.05 bits per heavy atom. The van der Waals surface area contributed by atoms with Gasteiger partial charge in [0.05, 0.1) is 11.3 Å². The first kappa shape index (κ1) is 15.4. The Kier molecular flexibility index (Phi) is 3.99. The summed E-state index contributed by atoms with van der Waals surface area (Å²) >= 11 is 0.648. The number of halogens is 4. The Bertz CT molecular complexity index is 694. The van der Waals surface area contributed by atoms with E-state index in [1.165, 1.54) is 0 Å². The molecule has 8 heteroatoms. The molecule has 0 aliphatic heterocycles. The molecule has 0 radical (unpaired) electrons. The fourth-order valence-electron chi connectivity index (χ4n) is 1.81. The van der Waals surface area contributed by atoms with E-state index < -0.39 is 23.5 Å². The molecule has 1 heterocycles. The number of thiazole rings is 1. The predicted octanol–water partition coefficient (Wildman–Crippen LogP) is 4.23. The largest absolute Gasteiger partial charge is 0.477 e. The Balaban J connectivity index is 2.65. The minimum absolute atomic E-state index is 0.0865. The van der Waals surface area contributed by atoms with Gasteiger partial charge >= 0.3 is 12.1 Å². The third kappa shape index (κ3) is 3.05. The second kappa shape index (κ2) is 5.44. The smallest absolute Gasteiger partial charge is 0.417 e. The second-order valence-electron chi connectivity index (χ2n) is 4.14. The van der Waals surface area contributed by atoms with E-state index in [1.807, 2.05) is 0 Å². The molecule has 21 heavy (non-hydrogen) atoms. The van der Waals surface area contributed by atoms with Crippen molar-refractivity contribution in [3.05, 3.63) is 40.2 Å². The molecule has 0 fully saturated rings. The number of carboxylic acids is 1. The van der Waals surface area contributed by atoms with Crippen molar-refractivity contribution in [1.82, 2.24) is 4.98 Å². The summed E-state index contributed by atoms with van der Waals surface area (Å²) in [5.74, 6) is -2.26. The summed E-state index contributed by atoms with van der Waals surface area (Å²) in [6, 6.07) is 2.23. The third-order valence-corrected chi connectivity index (χ3v) is 3.86. The zero-order valence-electron chi connectivity index (χ0n) is 10.7. The Morgan fingerprint density at radius 1 is 1.38 bits per heavy atom. The molecule has 0 bridgehead atoms. The summed E-state index contributed by atoms with van der Waals surface area (Å²) < 4.78 is 51.9. The summed E-state index contributed by atoms with van der Waals surface area (Å²) in [7, 11) is 0. The van der Waals surface area contributed by atoms with E-state index in [4.69, 9.17) is 5.11 Å². The number of aryl methyl sites for hydroxylation is 1. The van der Waals surface area contributed by atoms with Gasteiger partial charge in [0, 0.05) is 5.56 Å². The zero-order valence-corrected chi connectivity index (χ0v) is 11.5. The summed E-state index contributed by atoms with van der Waals surface area (Å²) in [5.41, 5.74) is -1.29. The van der Waals surface area contributed by atoms with E-state index in [-0.39, 0.29) is 27.6 Å². The van der Waals surface area contributed by atoms with Gasteiger partial charge in [-0.05, 0) is 24.6 Å². The topological polar surface area (TPSA) is 50.2 Å². The molecule has 1 aromatic carbocycles. The number of carbonyl (C=O) groups is 1. The Labute approximate surface area is 120 Å². The maximum atomic E-state index is 13.1. The van der Waals surface area contributed by atoms with Gasteiger partial charge < -0.3 is 5.11 Å². The van der Waals surface area contributed by atoms with E-state index in [1.54, 1.807) is 6.92 Å². The molecule has 3 nitrogen and oxygen atoms in total. The molecule has 2 rings (SSSR count). The van der Waals surface area contributed by atoms with Gasteiger partial charge in [0.1, 0.15) is 15.7 Å². The molecule has 0 aliphatic carbocycles. The van der Waals surface area contributed by atoms with Crippen molar-refractivity contribution < 1.29 is 27.5 Å². The van der Waals surface area contributed by atoms with Gasteiger partial charge in [-0.1, -0.05) is 6.92 Å². The number of nitrogens with zero attached hydrogens (tertiary/aromatic N) is 1. The van der Waals surface area contributed by atoms with Crippen molar-refractivity contribution in [1.29, 1.82) is 0 Å². The number of rotatable bonds is 3. The molecular weight excluding hydrogens is 310 g/mol. The van der Waals surface area contributed by atoms with Gasteiger partial charge in [0.2, 0.25) is 0 Å². The third-order valence-electron chi connectivity index (χ3n) is 2.74. The molecule has 0 atom stereocenters. The molecular formula is C13H9F4NO2S. The number of hydrogen-bond acceptors (Lipinski definition) is 3. The lowest BCUT2D eigenvalue weighted by atomic mass is 10.1. The molecule has 0 unspecified atom stereocenters. The lowest BCUT2D eigenvalue weighted by Crippen LogP contribution is -2.07. The first-order valence-corrected chi connectivity index (χ1v) is 6.65. The summed E-state index contributed by atoms with van der Waals surface area (Å²) in [4.78, 5) is 14.9. The lowest BCUT2D eigenvalue weighted by molar-refractivity contribution is -0.137. The van der Waals surface area contributed by atoms with Gasteiger partial charge in [-0.15, -0.1) is 11.3 Å². The van der Waals surface area contributed by atoms with Gasteiger partial charge in [0.15, 0.2) is 0 Å². The van der Waals surface area contributed by atoms with E-state index in [0.717, 1.165) is 12.1 Å². The normalized spacial score (nSPS) is 11.7. The molecule has 1 aromatic heterocycles. The average Bonchev–Trinajstić information content (AvgIpc) is 2.81. The van der Waals surface area contributed by atoms with Crippen LogP contribution in [0.25, 0.3) is 10.6 Å².